The van der Waals surface area contributed by atoms with E-state index in [-0.39, 0.29) is 53.0 Å². The molecule has 0 saturated heterocycles. The number of allylic oxidation sites excluding steroid dienone is 1. The number of benzene rings is 3. The van der Waals surface area contributed by atoms with E-state index in [2.05, 4.69) is 0 Å². The largest absolute Gasteiger partial charge is 0.491 e. The number of carbonyl (C=O) groups is 1. The second-order valence-electron chi connectivity index (χ2n) is 11.0. The van der Waals surface area contributed by atoms with Crippen LogP contribution in [0, 0.1) is 36.1 Å². The summed E-state index contributed by atoms with van der Waals surface area (Å²) in [4.78, 5) is 12.9. The number of ether oxygens (including phenoxy) is 2. The fraction of sp³-hybridized carbons (Fsp3) is 0.382. The third kappa shape index (κ3) is 6.19. The van der Waals surface area contributed by atoms with Gasteiger partial charge in [-0.15, -0.1) is 0 Å². The Kier molecular flexibility index (Phi) is 8.81. The molecule has 0 N–H and O–H groups in total. The molecule has 0 aliphatic heterocycles. The highest BCUT2D eigenvalue weighted by atomic mass is 19.2. The molecule has 0 spiro atoms. The maximum Gasteiger partial charge on any atom is 0.309 e. The van der Waals surface area contributed by atoms with Gasteiger partial charge in [-0.1, -0.05) is 42.5 Å². The van der Waals surface area contributed by atoms with Gasteiger partial charge in [-0.2, -0.15) is 4.39 Å². The summed E-state index contributed by atoms with van der Waals surface area (Å²) in [5.74, 6) is -3.74. The number of rotatable bonds is 7. The Labute approximate surface area is 238 Å². The number of hydrogen-bond donors (Lipinski definition) is 0. The molecule has 0 radical (unpaired) electrons. The Hall–Kier alpha value is -3.61. The van der Waals surface area contributed by atoms with Gasteiger partial charge in [0.1, 0.15) is 6.10 Å². The lowest BCUT2D eigenvalue weighted by atomic mass is 9.78. The number of hydrogen-bond acceptors (Lipinski definition) is 3. The van der Waals surface area contributed by atoms with Crippen molar-refractivity contribution < 1.29 is 31.8 Å². The first kappa shape index (κ1) is 28.9. The van der Waals surface area contributed by atoms with E-state index < -0.39 is 23.3 Å². The number of carbonyl (C=O) groups excluding carboxylic acids is 1. The van der Waals surface area contributed by atoms with Crippen LogP contribution < -0.4 is 4.74 Å². The van der Waals surface area contributed by atoms with Gasteiger partial charge in [0.15, 0.2) is 23.2 Å². The molecule has 5 rings (SSSR count). The van der Waals surface area contributed by atoms with Gasteiger partial charge in [0, 0.05) is 17.5 Å². The fourth-order valence-electron chi connectivity index (χ4n) is 5.94. The van der Waals surface area contributed by atoms with Crippen LogP contribution in [0.5, 0.6) is 5.75 Å². The van der Waals surface area contributed by atoms with E-state index in [0.29, 0.717) is 37.7 Å². The lowest BCUT2D eigenvalue weighted by molar-refractivity contribution is -0.155. The van der Waals surface area contributed by atoms with Gasteiger partial charge in [-0.25, -0.2) is 13.2 Å². The minimum absolute atomic E-state index is 0.0975. The first-order chi connectivity index (χ1) is 19.8. The van der Waals surface area contributed by atoms with Crippen molar-refractivity contribution in [1.82, 2.24) is 0 Å². The zero-order chi connectivity index (χ0) is 29.1. The molecule has 0 heterocycles. The average molecular weight is 567 g/mol. The summed E-state index contributed by atoms with van der Waals surface area (Å²) >= 11 is 0. The maximum atomic E-state index is 14.6. The maximum absolute atomic E-state index is 14.6. The molecule has 1 fully saturated rings. The number of halogens is 4. The minimum atomic E-state index is -0.987. The Balaban J connectivity index is 1.13. The highest BCUT2D eigenvalue weighted by molar-refractivity contribution is 5.73. The monoisotopic (exact) mass is 566 g/mol. The van der Waals surface area contributed by atoms with Crippen LogP contribution in [0.15, 0.2) is 54.6 Å². The van der Waals surface area contributed by atoms with Crippen LogP contribution >= 0.6 is 0 Å². The molecule has 1 saturated carbocycles. The molecular formula is C34H34F4O3. The minimum Gasteiger partial charge on any atom is -0.491 e. The molecule has 2 aliphatic rings. The van der Waals surface area contributed by atoms with Gasteiger partial charge in [0.05, 0.1) is 12.5 Å². The van der Waals surface area contributed by atoms with E-state index in [0.717, 1.165) is 24.0 Å². The van der Waals surface area contributed by atoms with E-state index in [1.165, 1.54) is 19.1 Å². The average Bonchev–Trinajstić information content (AvgIpc) is 2.99. The summed E-state index contributed by atoms with van der Waals surface area (Å²) < 4.78 is 68.2. The van der Waals surface area contributed by atoms with Gasteiger partial charge in [0.2, 0.25) is 5.82 Å². The van der Waals surface area contributed by atoms with E-state index in [4.69, 9.17) is 9.47 Å². The zero-order valence-corrected chi connectivity index (χ0v) is 23.3. The Morgan fingerprint density at radius 2 is 1.49 bits per heavy atom. The van der Waals surface area contributed by atoms with Crippen LogP contribution in [0.3, 0.4) is 0 Å². The van der Waals surface area contributed by atoms with Gasteiger partial charge in [0.25, 0.3) is 0 Å². The Morgan fingerprint density at radius 1 is 0.805 bits per heavy atom. The summed E-state index contributed by atoms with van der Waals surface area (Å²) in [5, 5.41) is 0. The molecule has 0 amide bonds. The normalized spacial score (nSPS) is 20.8. The van der Waals surface area contributed by atoms with Crippen molar-refractivity contribution in [3.63, 3.8) is 0 Å². The molecule has 7 heteroatoms. The summed E-state index contributed by atoms with van der Waals surface area (Å²) in [6.45, 7) is 3.50. The smallest absolute Gasteiger partial charge is 0.309 e. The van der Waals surface area contributed by atoms with E-state index in [9.17, 15) is 22.4 Å². The van der Waals surface area contributed by atoms with Crippen molar-refractivity contribution in [3.05, 3.63) is 94.6 Å². The topological polar surface area (TPSA) is 35.5 Å². The van der Waals surface area contributed by atoms with Crippen LogP contribution in [0.25, 0.3) is 16.7 Å². The highest BCUT2D eigenvalue weighted by Crippen LogP contribution is 2.39. The van der Waals surface area contributed by atoms with Crippen molar-refractivity contribution in [3.8, 4) is 16.9 Å². The molecule has 216 valence electrons. The fourth-order valence-corrected chi connectivity index (χ4v) is 5.94. The van der Waals surface area contributed by atoms with Crippen molar-refractivity contribution in [1.29, 1.82) is 0 Å². The van der Waals surface area contributed by atoms with Gasteiger partial charge < -0.3 is 9.47 Å². The highest BCUT2D eigenvalue weighted by Gasteiger charge is 2.30. The Bertz CT molecular complexity index is 1440. The quantitative estimate of drug-likeness (QED) is 0.211. The lowest BCUT2D eigenvalue weighted by Gasteiger charge is -2.30. The van der Waals surface area contributed by atoms with Crippen molar-refractivity contribution in [2.24, 2.45) is 5.92 Å². The molecule has 1 atom stereocenters. The Morgan fingerprint density at radius 3 is 2.15 bits per heavy atom. The summed E-state index contributed by atoms with van der Waals surface area (Å²) in [6, 6.07) is 13.6. The molecule has 3 aromatic rings. The first-order valence-corrected chi connectivity index (χ1v) is 14.3. The number of esters is 1. The van der Waals surface area contributed by atoms with Crippen LogP contribution in [-0.4, -0.2) is 18.7 Å². The standard InChI is InChI=1S/C34H34F4O3/c1-3-40-29-19-18-28(32(37)33(29)38)23-9-5-21(6-10-23)22-7-11-25(12-8-22)34(39)41-26-15-13-24(14-16-26)27-17-4-20(2)30(35)31(27)36/h4-6,9-10,13,17-19,22,25-26H,3,7-8,11-12,14-16H2,1-2H3. The van der Waals surface area contributed by atoms with Crippen LogP contribution in [-0.2, 0) is 9.53 Å². The van der Waals surface area contributed by atoms with Crippen molar-refractivity contribution >= 4 is 11.5 Å². The predicted molar refractivity (Wildman–Crippen MR) is 150 cm³/mol. The third-order valence-corrected chi connectivity index (χ3v) is 8.37. The van der Waals surface area contributed by atoms with Crippen LogP contribution in [0.1, 0.15) is 74.5 Å². The SMILES string of the molecule is CCOc1ccc(-c2ccc(C3CCC(C(=O)OC4CC=C(c5ccc(C)c(F)c5F)CC4)CC3)cc2)c(F)c1F. The molecular weight excluding hydrogens is 532 g/mol. The summed E-state index contributed by atoms with van der Waals surface area (Å²) in [7, 11) is 0. The second kappa shape index (κ2) is 12.5. The van der Waals surface area contributed by atoms with Gasteiger partial charge >= 0.3 is 5.97 Å². The predicted octanol–water partition coefficient (Wildman–Crippen LogP) is 9.07. The molecule has 0 bridgehead atoms. The number of aryl methyl sites for hydroxylation is 1. The van der Waals surface area contributed by atoms with Crippen molar-refractivity contribution in [2.45, 2.75) is 70.8 Å². The summed E-state index contributed by atoms with van der Waals surface area (Å²) in [6.07, 6.45) is 6.26. The lowest BCUT2D eigenvalue weighted by Crippen LogP contribution is -2.28. The molecule has 3 nitrogen and oxygen atoms in total. The van der Waals surface area contributed by atoms with E-state index in [1.807, 2.05) is 18.2 Å². The first-order valence-electron chi connectivity index (χ1n) is 14.3. The molecule has 2 aliphatic carbocycles. The van der Waals surface area contributed by atoms with Crippen LogP contribution in [0.4, 0.5) is 17.6 Å². The van der Waals surface area contributed by atoms with Crippen molar-refractivity contribution in [2.75, 3.05) is 6.61 Å². The third-order valence-electron chi connectivity index (χ3n) is 8.37. The van der Waals surface area contributed by atoms with Gasteiger partial charge in [-0.05, 0) is 92.7 Å². The van der Waals surface area contributed by atoms with Gasteiger partial charge in [-0.3, -0.25) is 4.79 Å². The molecule has 41 heavy (non-hydrogen) atoms. The van der Waals surface area contributed by atoms with E-state index in [1.54, 1.807) is 31.2 Å². The molecule has 1 unspecified atom stereocenters. The second-order valence-corrected chi connectivity index (χ2v) is 11.0. The van der Waals surface area contributed by atoms with E-state index >= 15 is 0 Å². The molecule has 0 aromatic heterocycles. The molecule has 3 aromatic carbocycles. The zero-order valence-electron chi connectivity index (χ0n) is 23.3. The van der Waals surface area contributed by atoms with Crippen LogP contribution in [0.2, 0.25) is 0 Å². The summed E-state index contributed by atoms with van der Waals surface area (Å²) in [5.41, 5.74) is 3.18.